The van der Waals surface area contributed by atoms with Crippen LogP contribution in [0.1, 0.15) is 32.6 Å². The average molecular weight is 156 g/mol. The molecule has 2 aliphatic carbocycles. The lowest BCUT2D eigenvalue weighted by atomic mass is 10.0. The molecule has 2 saturated carbocycles. The molecule has 0 spiro atoms. The summed E-state index contributed by atoms with van der Waals surface area (Å²) in [6.45, 7) is 2.39. The minimum Gasteiger partial charge on any atom is -0.176 e. The van der Waals surface area contributed by atoms with E-state index < -0.39 is 0 Å². The molecule has 0 N–H and O–H groups in total. The summed E-state index contributed by atoms with van der Waals surface area (Å²) in [6.07, 6.45) is 5.79. The maximum Gasteiger partial charge on any atom is 0.00479 e. The second-order valence-electron chi connectivity index (χ2n) is 4.15. The van der Waals surface area contributed by atoms with Gasteiger partial charge in [-0.3, -0.25) is 0 Å². The van der Waals surface area contributed by atoms with Gasteiger partial charge in [-0.25, -0.2) is 0 Å². The molecular formula is C9H16S. The highest BCUT2D eigenvalue weighted by atomic mass is 32.1. The van der Waals surface area contributed by atoms with Crippen LogP contribution in [0.5, 0.6) is 0 Å². The summed E-state index contributed by atoms with van der Waals surface area (Å²) in [7, 11) is 0. The summed E-state index contributed by atoms with van der Waals surface area (Å²) >= 11 is 4.61. The van der Waals surface area contributed by atoms with E-state index in [2.05, 4.69) is 19.6 Å². The van der Waals surface area contributed by atoms with Crippen molar-refractivity contribution in [1.82, 2.24) is 0 Å². The van der Waals surface area contributed by atoms with Gasteiger partial charge in [-0.2, -0.15) is 12.6 Å². The molecule has 58 valence electrons. The molecule has 4 unspecified atom stereocenters. The molecule has 0 aromatic heterocycles. The van der Waals surface area contributed by atoms with E-state index in [4.69, 9.17) is 0 Å². The fraction of sp³-hybridized carbons (Fsp3) is 1.00. The number of hydrogen-bond donors (Lipinski definition) is 1. The third kappa shape index (κ3) is 0.990. The minimum atomic E-state index is 0.745. The van der Waals surface area contributed by atoms with Crippen LogP contribution >= 0.6 is 12.6 Å². The molecule has 0 aliphatic heterocycles. The van der Waals surface area contributed by atoms with E-state index in [-0.39, 0.29) is 0 Å². The zero-order valence-corrected chi connectivity index (χ0v) is 7.48. The van der Waals surface area contributed by atoms with Gasteiger partial charge < -0.3 is 0 Å². The van der Waals surface area contributed by atoms with E-state index >= 15 is 0 Å². The SMILES string of the molecule is CC1CC2CCC(S)C2C1. The Balaban J connectivity index is 2.05. The van der Waals surface area contributed by atoms with Gasteiger partial charge in [-0.05, 0) is 43.4 Å². The summed E-state index contributed by atoms with van der Waals surface area (Å²) in [4.78, 5) is 0. The molecular weight excluding hydrogens is 140 g/mol. The van der Waals surface area contributed by atoms with E-state index in [1.807, 2.05) is 0 Å². The lowest BCUT2D eigenvalue weighted by Gasteiger charge is -2.11. The Labute approximate surface area is 68.8 Å². The second kappa shape index (κ2) is 2.44. The van der Waals surface area contributed by atoms with Gasteiger partial charge >= 0.3 is 0 Å². The topological polar surface area (TPSA) is 0 Å². The zero-order valence-electron chi connectivity index (χ0n) is 6.59. The second-order valence-corrected chi connectivity index (χ2v) is 4.81. The highest BCUT2D eigenvalue weighted by Crippen LogP contribution is 2.48. The van der Waals surface area contributed by atoms with Crippen LogP contribution in [0.15, 0.2) is 0 Å². The minimum absolute atomic E-state index is 0.745. The summed E-state index contributed by atoms with van der Waals surface area (Å²) < 4.78 is 0. The molecule has 0 amide bonds. The third-order valence-electron chi connectivity index (χ3n) is 3.31. The first-order chi connectivity index (χ1) is 4.77. The normalized spacial score (nSPS) is 53.4. The molecule has 2 rings (SSSR count). The van der Waals surface area contributed by atoms with E-state index in [1.165, 1.54) is 25.7 Å². The van der Waals surface area contributed by atoms with E-state index in [1.54, 1.807) is 0 Å². The fourth-order valence-corrected chi connectivity index (χ4v) is 3.36. The lowest BCUT2D eigenvalue weighted by Crippen LogP contribution is -2.08. The van der Waals surface area contributed by atoms with Gasteiger partial charge in [0.2, 0.25) is 0 Å². The fourth-order valence-electron chi connectivity index (χ4n) is 2.85. The smallest absolute Gasteiger partial charge is 0.00479 e. The highest BCUT2D eigenvalue weighted by molar-refractivity contribution is 7.81. The Hall–Kier alpha value is 0.350. The quantitative estimate of drug-likeness (QED) is 0.512. The Morgan fingerprint density at radius 3 is 2.70 bits per heavy atom. The van der Waals surface area contributed by atoms with Crippen LogP contribution in [-0.4, -0.2) is 5.25 Å². The van der Waals surface area contributed by atoms with Gasteiger partial charge in [0, 0.05) is 5.25 Å². The van der Waals surface area contributed by atoms with Crippen molar-refractivity contribution in [1.29, 1.82) is 0 Å². The van der Waals surface area contributed by atoms with Crippen molar-refractivity contribution in [3.8, 4) is 0 Å². The summed E-state index contributed by atoms with van der Waals surface area (Å²) in [5.41, 5.74) is 0. The van der Waals surface area contributed by atoms with Crippen LogP contribution in [0.4, 0.5) is 0 Å². The molecule has 0 aromatic rings. The Kier molecular flexibility index (Phi) is 1.71. The van der Waals surface area contributed by atoms with Crippen molar-refractivity contribution in [2.45, 2.75) is 37.9 Å². The third-order valence-corrected chi connectivity index (χ3v) is 3.95. The van der Waals surface area contributed by atoms with Crippen molar-refractivity contribution in [2.24, 2.45) is 17.8 Å². The molecule has 0 heterocycles. The van der Waals surface area contributed by atoms with Gasteiger partial charge in [0.05, 0.1) is 0 Å². The van der Waals surface area contributed by atoms with E-state index in [9.17, 15) is 0 Å². The highest BCUT2D eigenvalue weighted by Gasteiger charge is 2.40. The summed E-state index contributed by atoms with van der Waals surface area (Å²) in [5.74, 6) is 3.03. The molecule has 0 bridgehead atoms. The standard InChI is InChI=1S/C9H16S/c1-6-4-7-2-3-9(10)8(7)5-6/h6-10H,2-5H2,1H3. The van der Waals surface area contributed by atoms with Crippen LogP contribution in [0.3, 0.4) is 0 Å². The van der Waals surface area contributed by atoms with Crippen molar-refractivity contribution < 1.29 is 0 Å². The molecule has 0 nitrogen and oxygen atoms in total. The molecule has 4 atom stereocenters. The molecule has 1 heteroatoms. The predicted molar refractivity (Wildman–Crippen MR) is 47.4 cm³/mol. The van der Waals surface area contributed by atoms with Gasteiger partial charge in [0.25, 0.3) is 0 Å². The van der Waals surface area contributed by atoms with Crippen LogP contribution in [0, 0.1) is 17.8 Å². The van der Waals surface area contributed by atoms with E-state index in [0.717, 1.165) is 23.0 Å². The molecule has 0 aromatic carbocycles. The van der Waals surface area contributed by atoms with Crippen LogP contribution in [-0.2, 0) is 0 Å². The molecule has 10 heavy (non-hydrogen) atoms. The maximum absolute atomic E-state index is 4.61. The van der Waals surface area contributed by atoms with Crippen molar-refractivity contribution in [3.63, 3.8) is 0 Å². The van der Waals surface area contributed by atoms with Crippen molar-refractivity contribution in [3.05, 3.63) is 0 Å². The van der Waals surface area contributed by atoms with Gasteiger partial charge in [0.1, 0.15) is 0 Å². The lowest BCUT2D eigenvalue weighted by molar-refractivity contribution is 0.463. The Morgan fingerprint density at radius 1 is 1.20 bits per heavy atom. The largest absolute Gasteiger partial charge is 0.176 e. The van der Waals surface area contributed by atoms with E-state index in [0.29, 0.717) is 0 Å². The monoisotopic (exact) mass is 156 g/mol. The van der Waals surface area contributed by atoms with Crippen molar-refractivity contribution >= 4 is 12.6 Å². The van der Waals surface area contributed by atoms with Crippen LogP contribution in [0.25, 0.3) is 0 Å². The maximum atomic E-state index is 4.61. The van der Waals surface area contributed by atoms with Crippen molar-refractivity contribution in [2.75, 3.05) is 0 Å². The zero-order chi connectivity index (χ0) is 7.14. The first-order valence-electron chi connectivity index (χ1n) is 4.45. The number of hydrogen-bond acceptors (Lipinski definition) is 1. The summed E-state index contributed by atoms with van der Waals surface area (Å²) in [6, 6.07) is 0. The number of rotatable bonds is 0. The molecule has 2 aliphatic rings. The Morgan fingerprint density at radius 2 is 2.00 bits per heavy atom. The number of fused-ring (bicyclic) bond motifs is 1. The van der Waals surface area contributed by atoms with Gasteiger partial charge in [-0.15, -0.1) is 0 Å². The van der Waals surface area contributed by atoms with Gasteiger partial charge in [-0.1, -0.05) is 6.92 Å². The predicted octanol–water partition coefficient (Wildman–Crippen LogP) is 2.74. The summed E-state index contributed by atoms with van der Waals surface area (Å²) in [5, 5.41) is 0.745. The average Bonchev–Trinajstić information content (AvgIpc) is 2.35. The Bertz CT molecular complexity index is 133. The molecule has 2 fully saturated rings. The first-order valence-corrected chi connectivity index (χ1v) is 4.97. The molecule has 0 saturated heterocycles. The van der Waals surface area contributed by atoms with Crippen LogP contribution < -0.4 is 0 Å². The molecule has 0 radical (unpaired) electrons. The first kappa shape index (κ1) is 7.02. The number of thiol groups is 1. The van der Waals surface area contributed by atoms with Gasteiger partial charge in [0.15, 0.2) is 0 Å². The van der Waals surface area contributed by atoms with Crippen LogP contribution in [0.2, 0.25) is 0 Å².